The van der Waals surface area contributed by atoms with E-state index in [9.17, 15) is 4.79 Å². The van der Waals surface area contributed by atoms with E-state index in [-0.39, 0.29) is 0 Å². The van der Waals surface area contributed by atoms with Crippen LogP contribution in [0.2, 0.25) is 5.02 Å². The average molecular weight is 318 g/mol. The lowest BCUT2D eigenvalue weighted by Gasteiger charge is -2.29. The lowest BCUT2D eigenvalue weighted by atomic mass is 9.91. The molecule has 5 heteroatoms. The van der Waals surface area contributed by atoms with E-state index in [1.807, 2.05) is 12.1 Å². The van der Waals surface area contributed by atoms with Gasteiger partial charge in [0.05, 0.1) is 0 Å². The highest BCUT2D eigenvalue weighted by atomic mass is 79.9. The molecule has 1 aromatic rings. The summed E-state index contributed by atoms with van der Waals surface area (Å²) in [7, 11) is 0. The third kappa shape index (κ3) is 2.64. The van der Waals surface area contributed by atoms with E-state index in [0.717, 1.165) is 22.9 Å². The zero-order valence-electron chi connectivity index (χ0n) is 9.47. The van der Waals surface area contributed by atoms with Crippen molar-refractivity contribution >= 4 is 33.4 Å². The molecule has 92 valence electrons. The van der Waals surface area contributed by atoms with Crippen LogP contribution in [0.1, 0.15) is 25.3 Å². The van der Waals surface area contributed by atoms with Gasteiger partial charge in [-0.1, -0.05) is 33.6 Å². The lowest BCUT2D eigenvalue weighted by molar-refractivity contribution is -0.124. The van der Waals surface area contributed by atoms with Crippen molar-refractivity contribution in [2.45, 2.75) is 31.3 Å². The Hall–Kier alpha value is -0.580. The summed E-state index contributed by atoms with van der Waals surface area (Å²) in [6, 6.07) is 5.82. The monoisotopic (exact) mass is 316 g/mol. The van der Waals surface area contributed by atoms with Gasteiger partial charge in [0, 0.05) is 15.5 Å². The maximum Gasteiger partial charge on any atom is 0.242 e. The highest BCUT2D eigenvalue weighted by Gasteiger charge is 2.39. The number of carbonyl (C=O) groups excluding carboxylic acids is 1. The van der Waals surface area contributed by atoms with E-state index in [1.54, 1.807) is 13.0 Å². The molecule has 3 nitrogen and oxygen atoms in total. The van der Waals surface area contributed by atoms with Crippen molar-refractivity contribution in [3.63, 3.8) is 0 Å². The van der Waals surface area contributed by atoms with Crippen LogP contribution >= 0.6 is 27.5 Å². The van der Waals surface area contributed by atoms with Gasteiger partial charge in [0.15, 0.2) is 0 Å². The first-order chi connectivity index (χ1) is 7.93. The summed E-state index contributed by atoms with van der Waals surface area (Å²) in [6.07, 6.45) is 2.16. The molecule has 1 unspecified atom stereocenters. The van der Waals surface area contributed by atoms with Gasteiger partial charge in [-0.05, 0) is 37.5 Å². The smallest absolute Gasteiger partial charge is 0.242 e. The Labute approximate surface area is 114 Å². The van der Waals surface area contributed by atoms with E-state index >= 15 is 0 Å². The largest absolute Gasteiger partial charge is 0.368 e. The molecule has 1 aliphatic rings. The van der Waals surface area contributed by atoms with Gasteiger partial charge < -0.3 is 5.73 Å². The Kier molecular flexibility index (Phi) is 3.48. The SMILES string of the molecule is CC(NC1CC1)(C(N)=O)c1ccc(Br)cc1Cl. The fraction of sp³-hybridized carbons (Fsp3) is 0.417. The lowest BCUT2D eigenvalue weighted by Crippen LogP contribution is -2.51. The Balaban J connectivity index is 2.40. The minimum absolute atomic E-state index is 0.368. The Morgan fingerprint density at radius 1 is 1.59 bits per heavy atom. The molecule has 3 N–H and O–H groups in total. The molecule has 1 saturated carbocycles. The van der Waals surface area contributed by atoms with Gasteiger partial charge in [0.25, 0.3) is 0 Å². The van der Waals surface area contributed by atoms with E-state index < -0.39 is 11.4 Å². The van der Waals surface area contributed by atoms with Crippen LogP contribution < -0.4 is 11.1 Å². The predicted octanol–water partition coefficient (Wildman–Crippen LogP) is 2.56. The Bertz CT molecular complexity index is 462. The summed E-state index contributed by atoms with van der Waals surface area (Å²) in [5.41, 5.74) is 5.33. The van der Waals surface area contributed by atoms with Gasteiger partial charge in [-0.3, -0.25) is 10.1 Å². The quantitative estimate of drug-likeness (QED) is 0.896. The second kappa shape index (κ2) is 4.59. The van der Waals surface area contributed by atoms with Crippen LogP contribution in [0, 0.1) is 0 Å². The molecule has 1 amide bonds. The molecule has 2 rings (SSSR count). The van der Waals surface area contributed by atoms with Gasteiger partial charge in [-0.25, -0.2) is 0 Å². The number of hydrogen-bond acceptors (Lipinski definition) is 2. The molecule has 1 aliphatic carbocycles. The fourth-order valence-electron chi connectivity index (χ4n) is 1.81. The number of halogens is 2. The highest BCUT2D eigenvalue weighted by Crippen LogP contribution is 2.33. The van der Waals surface area contributed by atoms with Gasteiger partial charge in [-0.15, -0.1) is 0 Å². The zero-order chi connectivity index (χ0) is 12.6. The molecule has 17 heavy (non-hydrogen) atoms. The summed E-state index contributed by atoms with van der Waals surface area (Å²) < 4.78 is 0.879. The minimum Gasteiger partial charge on any atom is -0.368 e. The van der Waals surface area contributed by atoms with E-state index in [2.05, 4.69) is 21.2 Å². The first-order valence-corrected chi connectivity index (χ1v) is 6.63. The van der Waals surface area contributed by atoms with E-state index in [1.165, 1.54) is 0 Å². The van der Waals surface area contributed by atoms with Crippen molar-refractivity contribution in [3.05, 3.63) is 33.3 Å². The maximum absolute atomic E-state index is 11.7. The Morgan fingerprint density at radius 3 is 2.71 bits per heavy atom. The molecular weight excluding hydrogens is 304 g/mol. The molecule has 1 fully saturated rings. The molecule has 0 radical (unpaired) electrons. The van der Waals surface area contributed by atoms with E-state index in [4.69, 9.17) is 17.3 Å². The molecule has 1 atom stereocenters. The number of nitrogens with one attached hydrogen (secondary N) is 1. The number of primary amides is 1. The van der Waals surface area contributed by atoms with Crippen LogP contribution in [-0.2, 0) is 10.3 Å². The number of carbonyl (C=O) groups is 1. The second-order valence-corrected chi connectivity index (χ2v) is 5.85. The molecule has 0 bridgehead atoms. The van der Waals surface area contributed by atoms with Gasteiger partial charge in [0.2, 0.25) is 5.91 Å². The number of rotatable bonds is 4. The minimum atomic E-state index is -0.904. The molecule has 0 saturated heterocycles. The molecular formula is C12H14BrClN2O. The standard InChI is InChI=1S/C12H14BrClN2O/c1-12(11(15)17,16-8-3-4-8)9-5-2-7(13)6-10(9)14/h2,5-6,8,16H,3-4H2,1H3,(H2,15,17). The molecule has 0 heterocycles. The van der Waals surface area contributed by atoms with Crippen LogP contribution in [0.25, 0.3) is 0 Å². The number of amides is 1. The van der Waals surface area contributed by atoms with Gasteiger partial charge in [-0.2, -0.15) is 0 Å². The summed E-state index contributed by atoms with van der Waals surface area (Å²) in [5.74, 6) is -0.409. The van der Waals surface area contributed by atoms with Crippen molar-refractivity contribution in [1.29, 1.82) is 0 Å². The predicted molar refractivity (Wildman–Crippen MR) is 71.9 cm³/mol. The van der Waals surface area contributed by atoms with E-state index in [0.29, 0.717) is 11.1 Å². The summed E-state index contributed by atoms with van der Waals surface area (Å²) in [6.45, 7) is 1.78. The van der Waals surface area contributed by atoms with Crippen LogP contribution in [-0.4, -0.2) is 11.9 Å². The fourth-order valence-corrected chi connectivity index (χ4v) is 2.67. The summed E-state index contributed by atoms with van der Waals surface area (Å²) >= 11 is 9.53. The van der Waals surface area contributed by atoms with Crippen molar-refractivity contribution in [2.24, 2.45) is 5.73 Å². The first kappa shape index (κ1) is 12.9. The zero-order valence-corrected chi connectivity index (χ0v) is 11.8. The van der Waals surface area contributed by atoms with Crippen LogP contribution in [0.15, 0.2) is 22.7 Å². The van der Waals surface area contributed by atoms with Crippen molar-refractivity contribution in [1.82, 2.24) is 5.32 Å². The number of nitrogens with two attached hydrogens (primary N) is 1. The third-order valence-electron chi connectivity index (χ3n) is 3.03. The Morgan fingerprint density at radius 2 is 2.24 bits per heavy atom. The van der Waals surface area contributed by atoms with Crippen LogP contribution in [0.4, 0.5) is 0 Å². The maximum atomic E-state index is 11.7. The van der Waals surface area contributed by atoms with Crippen LogP contribution in [0.5, 0.6) is 0 Å². The average Bonchev–Trinajstić information content (AvgIpc) is 3.00. The number of benzene rings is 1. The van der Waals surface area contributed by atoms with Crippen molar-refractivity contribution < 1.29 is 4.79 Å². The van der Waals surface area contributed by atoms with Crippen molar-refractivity contribution in [3.8, 4) is 0 Å². The topological polar surface area (TPSA) is 55.1 Å². The first-order valence-electron chi connectivity index (χ1n) is 5.46. The molecule has 1 aromatic carbocycles. The molecule has 0 aliphatic heterocycles. The number of hydrogen-bond donors (Lipinski definition) is 2. The third-order valence-corrected chi connectivity index (χ3v) is 3.84. The van der Waals surface area contributed by atoms with Crippen molar-refractivity contribution in [2.75, 3.05) is 0 Å². The summed E-state index contributed by atoms with van der Waals surface area (Å²) in [5, 5.41) is 3.81. The van der Waals surface area contributed by atoms with Crippen LogP contribution in [0.3, 0.4) is 0 Å². The van der Waals surface area contributed by atoms with Gasteiger partial charge in [0.1, 0.15) is 5.54 Å². The normalized spacial score (nSPS) is 18.8. The second-order valence-electron chi connectivity index (χ2n) is 4.53. The summed E-state index contributed by atoms with van der Waals surface area (Å²) in [4.78, 5) is 11.7. The van der Waals surface area contributed by atoms with Gasteiger partial charge >= 0.3 is 0 Å². The highest BCUT2D eigenvalue weighted by molar-refractivity contribution is 9.10. The molecule has 0 aromatic heterocycles. The molecule has 0 spiro atoms.